The van der Waals surface area contributed by atoms with Crippen molar-refractivity contribution in [2.45, 2.75) is 52.2 Å². The van der Waals surface area contributed by atoms with E-state index in [0.29, 0.717) is 6.42 Å². The van der Waals surface area contributed by atoms with Gasteiger partial charge in [-0.15, -0.1) is 0 Å². The quantitative estimate of drug-likeness (QED) is 0.392. The van der Waals surface area contributed by atoms with E-state index >= 15 is 0 Å². The van der Waals surface area contributed by atoms with Gasteiger partial charge in [0.2, 0.25) is 0 Å². The number of carbonyl (C=O) groups is 1. The molecule has 4 nitrogen and oxygen atoms in total. The van der Waals surface area contributed by atoms with E-state index in [9.17, 15) is 4.79 Å². The van der Waals surface area contributed by atoms with Crippen molar-refractivity contribution < 1.29 is 9.53 Å². The molecule has 4 heteroatoms. The Balaban J connectivity index is 4.06. The fourth-order valence-electron chi connectivity index (χ4n) is 0.931. The molecule has 1 atom stereocenters. The predicted molar refractivity (Wildman–Crippen MR) is 51.9 cm³/mol. The number of ether oxygens (including phenoxy) is 1. The summed E-state index contributed by atoms with van der Waals surface area (Å²) in [4.78, 5) is 11.4. The summed E-state index contributed by atoms with van der Waals surface area (Å²) in [6.07, 6.45) is 1.60. The molecule has 0 unspecified atom stereocenters. The lowest BCUT2D eigenvalue weighted by molar-refractivity contribution is -0.157. The minimum atomic E-state index is -0.445. The van der Waals surface area contributed by atoms with Crippen molar-refractivity contribution in [1.82, 2.24) is 5.43 Å². The third-order valence-electron chi connectivity index (χ3n) is 1.47. The summed E-state index contributed by atoms with van der Waals surface area (Å²) >= 11 is 0. The molecule has 13 heavy (non-hydrogen) atoms. The van der Waals surface area contributed by atoms with E-state index in [-0.39, 0.29) is 12.0 Å². The second-order valence-corrected chi connectivity index (χ2v) is 4.04. The minimum absolute atomic E-state index is 0.281. The lowest BCUT2D eigenvalue weighted by Crippen LogP contribution is -2.44. The topological polar surface area (TPSA) is 64.3 Å². The van der Waals surface area contributed by atoms with E-state index in [0.717, 1.165) is 6.42 Å². The lowest BCUT2D eigenvalue weighted by Gasteiger charge is -2.23. The van der Waals surface area contributed by atoms with E-state index in [1.165, 1.54) is 0 Å². The number of carbonyl (C=O) groups excluding carboxylic acids is 1. The summed E-state index contributed by atoms with van der Waals surface area (Å²) in [7, 11) is 0. The number of hydrazine groups is 1. The van der Waals surface area contributed by atoms with Gasteiger partial charge >= 0.3 is 5.97 Å². The van der Waals surface area contributed by atoms with Gasteiger partial charge in [0.25, 0.3) is 0 Å². The standard InChI is InChI=1S/C9H20N2O2/c1-5-6-7(11-10)8(12)13-9(2,3)4/h7,11H,5-6,10H2,1-4H3/t7-/m0/s1. The Hall–Kier alpha value is -0.610. The Labute approximate surface area is 79.8 Å². The van der Waals surface area contributed by atoms with Gasteiger partial charge in [-0.2, -0.15) is 0 Å². The molecule has 3 N–H and O–H groups in total. The van der Waals surface area contributed by atoms with Crippen LogP contribution in [0.25, 0.3) is 0 Å². The van der Waals surface area contributed by atoms with Crippen LogP contribution in [0.5, 0.6) is 0 Å². The zero-order chi connectivity index (χ0) is 10.5. The van der Waals surface area contributed by atoms with E-state index in [1.54, 1.807) is 0 Å². The van der Waals surface area contributed by atoms with Crippen LogP contribution in [0, 0.1) is 0 Å². The van der Waals surface area contributed by atoms with Crippen molar-refractivity contribution in [2.75, 3.05) is 0 Å². The molecule has 0 aliphatic rings. The van der Waals surface area contributed by atoms with Crippen molar-refractivity contribution in [3.05, 3.63) is 0 Å². The van der Waals surface area contributed by atoms with Crippen molar-refractivity contribution in [2.24, 2.45) is 5.84 Å². The van der Waals surface area contributed by atoms with Crippen LogP contribution in [0.1, 0.15) is 40.5 Å². The minimum Gasteiger partial charge on any atom is -0.459 e. The first-order valence-electron chi connectivity index (χ1n) is 4.59. The Kier molecular flexibility index (Phi) is 4.95. The molecule has 0 fully saturated rings. The molecule has 0 heterocycles. The molecule has 0 amide bonds. The third kappa shape index (κ3) is 5.60. The molecule has 0 aromatic heterocycles. The van der Waals surface area contributed by atoms with E-state index in [4.69, 9.17) is 10.6 Å². The Bertz CT molecular complexity index is 163. The Morgan fingerprint density at radius 2 is 2.08 bits per heavy atom. The fourth-order valence-corrected chi connectivity index (χ4v) is 0.931. The van der Waals surface area contributed by atoms with Gasteiger partial charge in [-0.1, -0.05) is 13.3 Å². The number of hydrogen-bond acceptors (Lipinski definition) is 4. The van der Waals surface area contributed by atoms with Gasteiger partial charge < -0.3 is 4.74 Å². The molecule has 0 aromatic rings. The first-order valence-corrected chi connectivity index (χ1v) is 4.59. The van der Waals surface area contributed by atoms with Crippen LogP contribution in [-0.4, -0.2) is 17.6 Å². The van der Waals surface area contributed by atoms with Gasteiger partial charge in [-0.25, -0.2) is 5.43 Å². The molecule has 0 aliphatic heterocycles. The zero-order valence-corrected chi connectivity index (χ0v) is 8.89. The molecule has 0 rings (SSSR count). The summed E-state index contributed by atoms with van der Waals surface area (Å²) in [6.45, 7) is 7.51. The van der Waals surface area contributed by atoms with Crippen molar-refractivity contribution in [1.29, 1.82) is 0 Å². The maximum atomic E-state index is 11.4. The second kappa shape index (κ2) is 5.19. The first-order chi connectivity index (χ1) is 5.90. The SMILES string of the molecule is CCC[C@H](NN)C(=O)OC(C)(C)C. The van der Waals surface area contributed by atoms with Crippen LogP contribution >= 0.6 is 0 Å². The summed E-state index contributed by atoms with van der Waals surface area (Å²) < 4.78 is 5.16. The Morgan fingerprint density at radius 1 is 1.54 bits per heavy atom. The average molecular weight is 188 g/mol. The molecule has 0 aliphatic carbocycles. The molecule has 0 saturated carbocycles. The number of nitrogens with one attached hydrogen (secondary N) is 1. The number of esters is 1. The van der Waals surface area contributed by atoms with Crippen molar-refractivity contribution in [3.8, 4) is 0 Å². The van der Waals surface area contributed by atoms with Gasteiger partial charge in [0.05, 0.1) is 0 Å². The highest BCUT2D eigenvalue weighted by molar-refractivity contribution is 5.76. The maximum absolute atomic E-state index is 11.4. The Morgan fingerprint density at radius 3 is 2.38 bits per heavy atom. The van der Waals surface area contributed by atoms with E-state index < -0.39 is 5.60 Å². The smallest absolute Gasteiger partial charge is 0.324 e. The molecular formula is C9H20N2O2. The lowest BCUT2D eigenvalue weighted by atomic mass is 10.1. The number of hydrogen-bond donors (Lipinski definition) is 2. The van der Waals surface area contributed by atoms with Gasteiger partial charge in [-0.3, -0.25) is 10.6 Å². The van der Waals surface area contributed by atoms with Crippen LogP contribution in [0.4, 0.5) is 0 Å². The van der Waals surface area contributed by atoms with Gasteiger partial charge in [0.1, 0.15) is 11.6 Å². The summed E-state index contributed by atoms with van der Waals surface area (Å²) in [5.41, 5.74) is 2.01. The summed E-state index contributed by atoms with van der Waals surface area (Å²) in [5, 5.41) is 0. The molecule has 0 spiro atoms. The normalized spacial score (nSPS) is 13.9. The summed E-state index contributed by atoms with van der Waals surface area (Å²) in [6, 6.07) is -0.385. The number of rotatable bonds is 4. The maximum Gasteiger partial charge on any atom is 0.324 e. The van der Waals surface area contributed by atoms with E-state index in [1.807, 2.05) is 27.7 Å². The van der Waals surface area contributed by atoms with Gasteiger partial charge in [0, 0.05) is 0 Å². The van der Waals surface area contributed by atoms with Crippen LogP contribution in [0.15, 0.2) is 0 Å². The largest absolute Gasteiger partial charge is 0.459 e. The van der Waals surface area contributed by atoms with Gasteiger partial charge in [0.15, 0.2) is 0 Å². The fraction of sp³-hybridized carbons (Fsp3) is 0.889. The molecule has 0 bridgehead atoms. The zero-order valence-electron chi connectivity index (χ0n) is 8.89. The molecular weight excluding hydrogens is 168 g/mol. The highest BCUT2D eigenvalue weighted by atomic mass is 16.6. The van der Waals surface area contributed by atoms with Crippen molar-refractivity contribution >= 4 is 5.97 Å². The average Bonchev–Trinajstić information content (AvgIpc) is 1.96. The highest BCUT2D eigenvalue weighted by Gasteiger charge is 2.23. The second-order valence-electron chi connectivity index (χ2n) is 4.04. The van der Waals surface area contributed by atoms with Crippen LogP contribution < -0.4 is 11.3 Å². The van der Waals surface area contributed by atoms with Crippen LogP contribution in [0.3, 0.4) is 0 Å². The molecule has 0 radical (unpaired) electrons. The van der Waals surface area contributed by atoms with Crippen molar-refractivity contribution in [3.63, 3.8) is 0 Å². The molecule has 0 saturated heterocycles. The van der Waals surface area contributed by atoms with Crippen LogP contribution in [0.2, 0.25) is 0 Å². The van der Waals surface area contributed by atoms with E-state index in [2.05, 4.69) is 5.43 Å². The monoisotopic (exact) mass is 188 g/mol. The first kappa shape index (κ1) is 12.4. The van der Waals surface area contributed by atoms with Crippen LogP contribution in [-0.2, 0) is 9.53 Å². The third-order valence-corrected chi connectivity index (χ3v) is 1.47. The summed E-state index contributed by atoms with van der Waals surface area (Å²) in [5.74, 6) is 4.95. The number of nitrogens with two attached hydrogens (primary N) is 1. The van der Waals surface area contributed by atoms with Gasteiger partial charge in [-0.05, 0) is 27.2 Å². The predicted octanol–water partition coefficient (Wildman–Crippen LogP) is 0.960. The molecule has 78 valence electrons. The highest BCUT2D eigenvalue weighted by Crippen LogP contribution is 2.09. The molecule has 0 aromatic carbocycles.